The monoisotopic (exact) mass is 1060 g/mol. The van der Waals surface area contributed by atoms with Crippen LogP contribution in [0.1, 0.15) is 91.4 Å². The van der Waals surface area contributed by atoms with Crippen LogP contribution in [0.4, 0.5) is 0 Å². The molecular formula is C55H56GeIrN4O-2. The molecule has 9 rings (SSSR count). The second-order valence-electron chi connectivity index (χ2n) is 18.0. The zero-order valence-corrected chi connectivity index (χ0v) is 41.8. The van der Waals surface area contributed by atoms with E-state index in [1.54, 1.807) is 18.2 Å². The average Bonchev–Trinajstić information content (AvgIpc) is 3.85. The van der Waals surface area contributed by atoms with Gasteiger partial charge in [-0.25, -0.2) is 0 Å². The fraction of sp³-hybridized carbons (Fsp3) is 0.255. The molecule has 4 aromatic heterocycles. The normalized spacial score (nSPS) is 12.7. The SMILES string of the molecule is Cc1nccc2c1nc(-c1[c-]ccc3c1oc1ccccc13)n2-c1c(C(C)C)cc(-c2ccccc2)cc1C(C)C.[2H]C([2H])([2H])c1c[c-]c(-c2cc(C(C)C)[c]([Ge]([CH3])([CH3])[CH3])cn2)cc1.[Ir]. The number of imidazole rings is 1. The van der Waals surface area contributed by atoms with E-state index in [0.717, 1.165) is 61.3 Å². The molecule has 0 aliphatic heterocycles. The van der Waals surface area contributed by atoms with Gasteiger partial charge in [-0.05, 0) is 65.3 Å². The third kappa shape index (κ3) is 8.75. The summed E-state index contributed by atoms with van der Waals surface area (Å²) in [5, 5.41) is 2.16. The molecule has 0 fully saturated rings. The fourth-order valence-electron chi connectivity index (χ4n) is 8.31. The van der Waals surface area contributed by atoms with Crippen LogP contribution in [0.15, 0.2) is 126 Å². The third-order valence-electron chi connectivity index (χ3n) is 11.5. The second-order valence-corrected chi connectivity index (χ2v) is 28.5. The van der Waals surface area contributed by atoms with Crippen molar-refractivity contribution >= 4 is 50.6 Å². The van der Waals surface area contributed by atoms with Crippen molar-refractivity contribution in [1.82, 2.24) is 19.5 Å². The summed E-state index contributed by atoms with van der Waals surface area (Å²) in [4.78, 5) is 14.5. The number of para-hydroxylation sites is 1. The maximum Gasteiger partial charge on any atom is 0 e. The topological polar surface area (TPSA) is 56.7 Å². The first-order valence-corrected chi connectivity index (χ1v) is 28.7. The van der Waals surface area contributed by atoms with Gasteiger partial charge in [0.25, 0.3) is 0 Å². The van der Waals surface area contributed by atoms with Crippen LogP contribution in [0.2, 0.25) is 17.3 Å². The Morgan fingerprint density at radius 1 is 0.726 bits per heavy atom. The van der Waals surface area contributed by atoms with E-state index in [-0.39, 0.29) is 31.9 Å². The van der Waals surface area contributed by atoms with Crippen molar-refractivity contribution in [2.45, 2.75) is 90.3 Å². The van der Waals surface area contributed by atoms with Gasteiger partial charge in [-0.2, -0.15) is 0 Å². The van der Waals surface area contributed by atoms with E-state index in [0.29, 0.717) is 11.5 Å². The number of nitrogens with zero attached hydrogens (tertiary/aromatic N) is 4. The number of aryl methyl sites for hydroxylation is 2. The Hall–Kier alpha value is -5.14. The Kier molecular flexibility index (Phi) is 12.1. The summed E-state index contributed by atoms with van der Waals surface area (Å²) in [6.45, 7) is 13.4. The van der Waals surface area contributed by atoms with E-state index in [4.69, 9.17) is 13.5 Å². The summed E-state index contributed by atoms with van der Waals surface area (Å²) < 4.78 is 32.6. The predicted octanol–water partition coefficient (Wildman–Crippen LogP) is 14.5. The number of furan rings is 1. The van der Waals surface area contributed by atoms with Crippen LogP contribution in [0.25, 0.3) is 72.4 Å². The molecule has 0 bridgehead atoms. The van der Waals surface area contributed by atoms with E-state index in [2.05, 4.69) is 158 Å². The zero-order valence-electron chi connectivity index (χ0n) is 40.3. The molecule has 9 aromatic rings. The van der Waals surface area contributed by atoms with Gasteiger partial charge in [0.2, 0.25) is 0 Å². The van der Waals surface area contributed by atoms with Crippen molar-refractivity contribution in [3.05, 3.63) is 162 Å². The summed E-state index contributed by atoms with van der Waals surface area (Å²) in [7, 11) is 0. The fourth-order valence-corrected chi connectivity index (χ4v) is 11.8. The minimum absolute atomic E-state index is 0. The minimum Gasteiger partial charge on any atom is 0 e. The molecule has 0 unspecified atom stereocenters. The Bertz CT molecular complexity index is 3100. The zero-order chi connectivity index (χ0) is 45.7. The number of rotatable bonds is 8. The maximum absolute atomic E-state index is 7.44. The minimum atomic E-state index is -2.09. The van der Waals surface area contributed by atoms with Crippen LogP contribution in [-0.4, -0.2) is 32.8 Å². The Morgan fingerprint density at radius 2 is 1.42 bits per heavy atom. The molecule has 4 heterocycles. The van der Waals surface area contributed by atoms with Crippen LogP contribution in [0, 0.1) is 25.9 Å². The number of pyridine rings is 2. The van der Waals surface area contributed by atoms with Gasteiger partial charge in [0.1, 0.15) is 5.58 Å². The molecule has 5 nitrogen and oxygen atoms in total. The molecule has 0 saturated carbocycles. The van der Waals surface area contributed by atoms with Gasteiger partial charge in [0.05, 0.1) is 28.1 Å². The largest absolute Gasteiger partial charge is 0 e. The number of fused-ring (bicyclic) bond motifs is 4. The van der Waals surface area contributed by atoms with E-state index in [1.807, 2.05) is 37.5 Å². The number of hydrogen-bond donors (Lipinski definition) is 0. The first-order valence-electron chi connectivity index (χ1n) is 22.8. The van der Waals surface area contributed by atoms with Crippen molar-refractivity contribution in [2.24, 2.45) is 0 Å². The van der Waals surface area contributed by atoms with Crippen molar-refractivity contribution in [2.75, 3.05) is 0 Å². The van der Waals surface area contributed by atoms with Crippen LogP contribution in [0.3, 0.4) is 0 Å². The molecule has 5 aromatic carbocycles. The van der Waals surface area contributed by atoms with Gasteiger partial charge in [0.15, 0.2) is 0 Å². The van der Waals surface area contributed by atoms with E-state index in [9.17, 15) is 0 Å². The molecule has 1 radical (unpaired) electrons. The number of benzene rings is 5. The maximum atomic E-state index is 7.44. The Morgan fingerprint density at radius 3 is 2.06 bits per heavy atom. The predicted molar refractivity (Wildman–Crippen MR) is 259 cm³/mol. The Balaban J connectivity index is 0.000000225. The standard InChI is InChI=1S/C37H32N3O.C18H24GeN.Ir/c1-22(2)30-20-26(25-12-7-6-8-13-25)21-31(23(3)4)35(30)40-32-18-19-38-24(5)34(32)39-37(40)29-16-11-15-28-27-14-9-10-17-33(27)41-36(28)29;1-13(2)16-11-18(15-9-7-14(3)8-10-15)20-12-17(16)19(4,5)6;/h6-15,17-23H,1-5H3;7-9,11-13H,1-6H3;/q2*-1;/i;3D3;. The molecule has 7 heteroatoms. The van der Waals surface area contributed by atoms with E-state index >= 15 is 0 Å². The van der Waals surface area contributed by atoms with Crippen molar-refractivity contribution in [1.29, 1.82) is 0 Å². The first kappa shape index (κ1) is 40.9. The van der Waals surface area contributed by atoms with Crippen LogP contribution < -0.4 is 4.40 Å². The van der Waals surface area contributed by atoms with Crippen LogP contribution >= 0.6 is 0 Å². The van der Waals surface area contributed by atoms with Crippen molar-refractivity contribution < 1.29 is 28.6 Å². The molecule has 0 aliphatic rings. The molecule has 0 atom stereocenters. The van der Waals surface area contributed by atoms with Crippen molar-refractivity contribution in [3.63, 3.8) is 0 Å². The van der Waals surface area contributed by atoms with E-state index < -0.39 is 20.1 Å². The van der Waals surface area contributed by atoms with Gasteiger partial charge in [0, 0.05) is 37.4 Å². The molecule has 0 N–H and O–H groups in total. The quantitative estimate of drug-likeness (QED) is 0.112. The number of hydrogen-bond acceptors (Lipinski definition) is 4. The van der Waals surface area contributed by atoms with Crippen LogP contribution in [-0.2, 0) is 20.1 Å². The third-order valence-corrected chi connectivity index (χ3v) is 15.8. The van der Waals surface area contributed by atoms with Gasteiger partial charge in [-0.1, -0.05) is 87.2 Å². The summed E-state index contributed by atoms with van der Waals surface area (Å²) in [5.41, 5.74) is 14.9. The summed E-state index contributed by atoms with van der Waals surface area (Å²) >= 11 is -1.97. The molecule has 0 spiro atoms. The Labute approximate surface area is 388 Å². The molecule has 317 valence electrons. The smallest absolute Gasteiger partial charge is 0 e. The summed E-state index contributed by atoms with van der Waals surface area (Å²) in [5.74, 6) is 8.95. The molecular weight excluding hydrogens is 997 g/mol. The molecule has 0 saturated heterocycles. The van der Waals surface area contributed by atoms with Gasteiger partial charge < -0.3 is 8.98 Å². The molecule has 0 amide bonds. The summed E-state index contributed by atoms with van der Waals surface area (Å²) in [6.07, 6.45) is 3.91. The van der Waals surface area contributed by atoms with Gasteiger partial charge >= 0.3 is 130 Å². The summed E-state index contributed by atoms with van der Waals surface area (Å²) in [6, 6.07) is 43.4. The number of aromatic nitrogens is 4. The van der Waals surface area contributed by atoms with E-state index in [1.165, 1.54) is 37.9 Å². The van der Waals surface area contributed by atoms with Gasteiger partial charge in [-0.15, -0.1) is 18.2 Å². The van der Waals surface area contributed by atoms with Crippen molar-refractivity contribution in [3.8, 4) is 39.5 Å². The van der Waals surface area contributed by atoms with Gasteiger partial charge in [-0.3, -0.25) is 9.97 Å². The molecule has 0 aliphatic carbocycles. The van der Waals surface area contributed by atoms with Crippen LogP contribution in [0.5, 0.6) is 0 Å². The molecule has 62 heavy (non-hydrogen) atoms. The second kappa shape index (κ2) is 18.3. The first-order chi connectivity index (χ1) is 30.4. The average molecular weight is 1060 g/mol.